The lowest BCUT2D eigenvalue weighted by atomic mass is 9.79. The number of hydrogen-bond donors (Lipinski definition) is 1. The molecule has 1 saturated carbocycles. The first-order chi connectivity index (χ1) is 18.8. The third-order valence-electron chi connectivity index (χ3n) is 6.75. The fourth-order valence-electron chi connectivity index (χ4n) is 4.70. The summed E-state index contributed by atoms with van der Waals surface area (Å²) in [6.45, 7) is 0. The molecule has 4 heterocycles. The van der Waals surface area contributed by atoms with Gasteiger partial charge in [-0.3, -0.25) is 24.3 Å². The summed E-state index contributed by atoms with van der Waals surface area (Å²) in [5, 5.41) is 11.7. The fraction of sp³-hybridized carbons (Fsp3) is 0.185. The molecule has 1 aliphatic carbocycles. The van der Waals surface area contributed by atoms with E-state index in [1.165, 1.54) is 24.4 Å². The third kappa shape index (κ3) is 4.63. The molecule has 12 heteroatoms. The molecule has 0 atom stereocenters. The second kappa shape index (κ2) is 9.62. The van der Waals surface area contributed by atoms with Gasteiger partial charge in [0.1, 0.15) is 22.9 Å². The maximum Gasteiger partial charge on any atom is 0.253 e. The minimum Gasteiger partial charge on any atom is -0.349 e. The van der Waals surface area contributed by atoms with Gasteiger partial charge in [-0.1, -0.05) is 12.1 Å². The Kier molecular flexibility index (Phi) is 6.10. The smallest absolute Gasteiger partial charge is 0.253 e. The summed E-state index contributed by atoms with van der Waals surface area (Å²) in [5.74, 6) is 0.0196. The van der Waals surface area contributed by atoms with Gasteiger partial charge < -0.3 is 5.32 Å². The van der Waals surface area contributed by atoms with Crippen molar-refractivity contribution in [2.24, 2.45) is 0 Å². The monoisotopic (exact) mass is 543 g/mol. The van der Waals surface area contributed by atoms with Crippen LogP contribution in [0.4, 0.5) is 4.39 Å². The lowest BCUT2D eigenvalue weighted by molar-refractivity contribution is 0.0908. The number of carbonyl (C=O) groups excluding carboxylic acids is 1. The quantitative estimate of drug-likeness (QED) is 0.344. The SMILES string of the molecule is CS(=O)(=O)c1ccc(-c2nnc(C3CC(NC(=O)c4ccnc5cccnc45)C3)n2-c2ccccc2F)nc1. The summed E-state index contributed by atoms with van der Waals surface area (Å²) in [4.78, 5) is 25.9. The molecule has 6 rings (SSSR count). The van der Waals surface area contributed by atoms with Crippen LogP contribution in [0.5, 0.6) is 0 Å². The highest BCUT2D eigenvalue weighted by Crippen LogP contribution is 2.39. The van der Waals surface area contributed by atoms with Crippen LogP contribution in [0, 0.1) is 5.82 Å². The second-order valence-electron chi connectivity index (χ2n) is 9.39. The van der Waals surface area contributed by atoms with Crippen molar-refractivity contribution in [2.45, 2.75) is 29.7 Å². The molecule has 0 saturated heterocycles. The molecule has 1 N–H and O–H groups in total. The highest BCUT2D eigenvalue weighted by atomic mass is 32.2. The minimum atomic E-state index is -3.43. The van der Waals surface area contributed by atoms with Crippen LogP contribution in [0.2, 0.25) is 0 Å². The molecule has 0 unspecified atom stereocenters. The molecule has 0 spiro atoms. The molecular weight excluding hydrogens is 521 g/mol. The highest BCUT2D eigenvalue weighted by Gasteiger charge is 2.37. The molecule has 39 heavy (non-hydrogen) atoms. The zero-order valence-corrected chi connectivity index (χ0v) is 21.5. The molecule has 196 valence electrons. The van der Waals surface area contributed by atoms with Crippen molar-refractivity contribution in [1.29, 1.82) is 0 Å². The van der Waals surface area contributed by atoms with E-state index < -0.39 is 15.7 Å². The van der Waals surface area contributed by atoms with Gasteiger partial charge in [-0.15, -0.1) is 10.2 Å². The number of hydrogen-bond acceptors (Lipinski definition) is 8. The Morgan fingerprint density at radius 3 is 2.54 bits per heavy atom. The van der Waals surface area contributed by atoms with E-state index in [0.29, 0.717) is 41.0 Å². The van der Waals surface area contributed by atoms with Gasteiger partial charge in [0, 0.05) is 36.8 Å². The number of fused-ring (bicyclic) bond motifs is 1. The van der Waals surface area contributed by atoms with Crippen LogP contribution in [-0.2, 0) is 9.84 Å². The summed E-state index contributed by atoms with van der Waals surface area (Å²) < 4.78 is 40.3. The summed E-state index contributed by atoms with van der Waals surface area (Å²) >= 11 is 0. The van der Waals surface area contributed by atoms with Crippen molar-refractivity contribution in [2.75, 3.05) is 6.26 Å². The molecule has 0 radical (unpaired) electrons. The topological polar surface area (TPSA) is 133 Å². The maximum absolute atomic E-state index is 15.0. The summed E-state index contributed by atoms with van der Waals surface area (Å²) in [5.41, 5.74) is 2.23. The number of benzene rings is 1. The molecule has 0 bridgehead atoms. The van der Waals surface area contributed by atoms with Crippen LogP contribution in [-0.4, -0.2) is 56.3 Å². The van der Waals surface area contributed by atoms with Crippen molar-refractivity contribution in [3.05, 3.63) is 90.4 Å². The Labute approximate surface area is 222 Å². The van der Waals surface area contributed by atoms with E-state index >= 15 is 0 Å². The van der Waals surface area contributed by atoms with E-state index in [0.717, 1.165) is 6.26 Å². The van der Waals surface area contributed by atoms with Crippen LogP contribution in [0.25, 0.3) is 28.2 Å². The number of halogens is 1. The molecule has 10 nitrogen and oxygen atoms in total. The normalized spacial score (nSPS) is 17.1. The molecule has 4 aromatic heterocycles. The van der Waals surface area contributed by atoms with Crippen LogP contribution in [0.15, 0.2) is 78.1 Å². The van der Waals surface area contributed by atoms with Crippen molar-refractivity contribution < 1.29 is 17.6 Å². The predicted octanol–water partition coefficient (Wildman–Crippen LogP) is 3.49. The molecule has 1 aromatic carbocycles. The summed E-state index contributed by atoms with van der Waals surface area (Å²) in [6.07, 6.45) is 6.71. The summed E-state index contributed by atoms with van der Waals surface area (Å²) in [6, 6.07) is 14.3. The highest BCUT2D eigenvalue weighted by molar-refractivity contribution is 7.90. The largest absolute Gasteiger partial charge is 0.349 e. The number of para-hydroxylation sites is 1. The van der Waals surface area contributed by atoms with Gasteiger partial charge in [-0.2, -0.15) is 0 Å². The zero-order valence-electron chi connectivity index (χ0n) is 20.7. The lowest BCUT2D eigenvalue weighted by Crippen LogP contribution is -2.44. The molecule has 1 amide bonds. The van der Waals surface area contributed by atoms with Gasteiger partial charge >= 0.3 is 0 Å². The van der Waals surface area contributed by atoms with Gasteiger partial charge in [0.2, 0.25) is 0 Å². The number of nitrogens with zero attached hydrogens (tertiary/aromatic N) is 6. The van der Waals surface area contributed by atoms with Gasteiger partial charge in [-0.05, 0) is 55.3 Å². The number of aromatic nitrogens is 6. The first-order valence-corrected chi connectivity index (χ1v) is 14.1. The molecule has 5 aromatic rings. The number of amides is 1. The predicted molar refractivity (Wildman–Crippen MR) is 140 cm³/mol. The van der Waals surface area contributed by atoms with E-state index in [4.69, 9.17) is 0 Å². The first-order valence-electron chi connectivity index (χ1n) is 12.2. The zero-order chi connectivity index (χ0) is 27.1. The molecular formula is C27H22FN7O3S. The van der Waals surface area contributed by atoms with E-state index in [1.807, 2.05) is 0 Å². The Balaban J connectivity index is 1.27. The van der Waals surface area contributed by atoms with Crippen molar-refractivity contribution in [1.82, 2.24) is 35.0 Å². The average molecular weight is 544 g/mol. The first kappa shape index (κ1) is 24.7. The van der Waals surface area contributed by atoms with E-state index in [1.54, 1.807) is 53.4 Å². The Bertz CT molecular complexity index is 1810. The Morgan fingerprint density at radius 2 is 1.79 bits per heavy atom. The third-order valence-corrected chi connectivity index (χ3v) is 7.85. The maximum atomic E-state index is 15.0. The van der Waals surface area contributed by atoms with Gasteiger partial charge in [0.15, 0.2) is 15.7 Å². The Morgan fingerprint density at radius 1 is 0.974 bits per heavy atom. The molecule has 1 aliphatic rings. The van der Waals surface area contributed by atoms with Crippen molar-refractivity contribution >= 4 is 26.8 Å². The van der Waals surface area contributed by atoms with E-state index in [-0.39, 0.29) is 34.3 Å². The number of carbonyl (C=O) groups is 1. The van der Waals surface area contributed by atoms with Crippen LogP contribution in [0.3, 0.4) is 0 Å². The van der Waals surface area contributed by atoms with Gasteiger partial charge in [0.25, 0.3) is 5.91 Å². The number of pyridine rings is 3. The molecule has 0 aliphatic heterocycles. The standard InChI is InChI=1S/C27H22FN7O3S/c1-39(37,38)18-8-9-22(31-15-18)26-34-33-25(35(26)23-7-3-2-5-20(23)28)16-13-17(14-16)32-27(36)19-10-12-29-21-6-4-11-30-24(19)21/h2-12,15-17H,13-14H2,1H3,(H,32,36). The van der Waals surface area contributed by atoms with Crippen LogP contribution in [0.1, 0.15) is 34.9 Å². The van der Waals surface area contributed by atoms with E-state index in [9.17, 15) is 17.6 Å². The van der Waals surface area contributed by atoms with Crippen LogP contribution < -0.4 is 5.32 Å². The summed E-state index contributed by atoms with van der Waals surface area (Å²) in [7, 11) is -3.43. The Hall–Kier alpha value is -4.58. The van der Waals surface area contributed by atoms with Crippen molar-refractivity contribution in [3.8, 4) is 17.2 Å². The number of rotatable bonds is 6. The van der Waals surface area contributed by atoms with Gasteiger partial charge in [0.05, 0.1) is 21.7 Å². The molecule has 1 fully saturated rings. The van der Waals surface area contributed by atoms with Gasteiger partial charge in [-0.25, -0.2) is 12.8 Å². The fourth-order valence-corrected chi connectivity index (χ4v) is 5.26. The number of nitrogens with one attached hydrogen (secondary N) is 1. The average Bonchev–Trinajstić information content (AvgIpc) is 3.34. The number of sulfone groups is 1. The second-order valence-corrected chi connectivity index (χ2v) is 11.4. The van der Waals surface area contributed by atoms with Crippen molar-refractivity contribution in [3.63, 3.8) is 0 Å². The minimum absolute atomic E-state index is 0.0678. The lowest BCUT2D eigenvalue weighted by Gasteiger charge is -2.35. The van der Waals surface area contributed by atoms with E-state index in [2.05, 4.69) is 30.5 Å². The van der Waals surface area contributed by atoms with Crippen LogP contribution >= 0.6 is 0 Å².